The first kappa shape index (κ1) is 18.1. The van der Waals surface area contributed by atoms with Crippen molar-refractivity contribution in [1.82, 2.24) is 0 Å². The van der Waals surface area contributed by atoms with Crippen LogP contribution in [0.5, 0.6) is 5.75 Å². The molecular weight excluding hydrogens is 349 g/mol. The average Bonchev–Trinajstić information content (AvgIpc) is 3.09. The lowest BCUT2D eigenvalue weighted by molar-refractivity contribution is 0.103. The molecule has 1 amide bonds. The van der Waals surface area contributed by atoms with Gasteiger partial charge in [0.05, 0.1) is 4.88 Å². The largest absolute Gasteiger partial charge is 0.489 e. The van der Waals surface area contributed by atoms with Crippen LogP contribution in [0.25, 0.3) is 0 Å². The van der Waals surface area contributed by atoms with Crippen LogP contribution in [0.3, 0.4) is 0 Å². The van der Waals surface area contributed by atoms with Gasteiger partial charge in [-0.3, -0.25) is 4.79 Å². The zero-order valence-corrected chi connectivity index (χ0v) is 15.5. The van der Waals surface area contributed by atoms with Crippen molar-refractivity contribution in [2.75, 3.05) is 5.32 Å². The normalized spacial score (nSPS) is 10.8. The summed E-state index contributed by atoms with van der Waals surface area (Å²) in [4.78, 5) is 12.8. The van der Waals surface area contributed by atoms with Crippen LogP contribution in [0, 0.1) is 5.82 Å². The van der Waals surface area contributed by atoms with Gasteiger partial charge in [-0.05, 0) is 53.3 Å². The number of amides is 1. The molecular formula is C21H20FNO2S. The second kappa shape index (κ2) is 8.15. The first-order chi connectivity index (χ1) is 12.5. The minimum absolute atomic E-state index is 0.256. The monoisotopic (exact) mass is 369 g/mol. The lowest BCUT2D eigenvalue weighted by Crippen LogP contribution is -2.10. The van der Waals surface area contributed by atoms with Gasteiger partial charge in [-0.2, -0.15) is 0 Å². The molecule has 0 atom stereocenters. The summed E-state index contributed by atoms with van der Waals surface area (Å²) in [5.74, 6) is 0.645. The Kier molecular flexibility index (Phi) is 5.68. The number of benzene rings is 2. The van der Waals surface area contributed by atoms with Gasteiger partial charge in [-0.1, -0.05) is 32.0 Å². The molecule has 2 aromatic carbocycles. The van der Waals surface area contributed by atoms with E-state index in [9.17, 15) is 9.18 Å². The maximum Gasteiger partial charge on any atom is 0.265 e. The minimum atomic E-state index is -0.383. The van der Waals surface area contributed by atoms with E-state index in [1.54, 1.807) is 18.2 Å². The fraction of sp³-hybridized carbons (Fsp3) is 0.190. The second-order valence-corrected chi connectivity index (χ2v) is 7.21. The van der Waals surface area contributed by atoms with Crippen LogP contribution >= 0.6 is 11.3 Å². The van der Waals surface area contributed by atoms with E-state index in [0.717, 1.165) is 11.3 Å². The summed E-state index contributed by atoms with van der Waals surface area (Å²) in [6, 6.07) is 15.7. The molecule has 0 saturated carbocycles. The molecule has 0 bridgehead atoms. The molecule has 1 N–H and O–H groups in total. The summed E-state index contributed by atoms with van der Waals surface area (Å²) >= 11 is 1.34. The lowest BCUT2D eigenvalue weighted by atomic mass is 10.0. The number of thiophene rings is 1. The molecule has 0 radical (unpaired) electrons. The number of carbonyl (C=O) groups excluding carboxylic acids is 1. The predicted molar refractivity (Wildman–Crippen MR) is 104 cm³/mol. The summed E-state index contributed by atoms with van der Waals surface area (Å²) in [5.41, 5.74) is 2.63. The van der Waals surface area contributed by atoms with Crippen molar-refractivity contribution >= 4 is 22.9 Å². The average molecular weight is 369 g/mol. The van der Waals surface area contributed by atoms with Gasteiger partial charge in [0, 0.05) is 11.3 Å². The Hall–Kier alpha value is -2.66. The highest BCUT2D eigenvalue weighted by Crippen LogP contribution is 2.22. The molecule has 0 fully saturated rings. The zero-order valence-electron chi connectivity index (χ0n) is 14.7. The summed E-state index contributed by atoms with van der Waals surface area (Å²) in [6.45, 7) is 4.69. The molecule has 3 nitrogen and oxygen atoms in total. The molecule has 0 aliphatic rings. The number of halogens is 1. The number of hydrogen-bond acceptors (Lipinski definition) is 3. The molecule has 3 aromatic rings. The first-order valence-electron chi connectivity index (χ1n) is 8.38. The summed E-state index contributed by atoms with van der Waals surface area (Å²) in [6.07, 6.45) is 0. The Morgan fingerprint density at radius 2 is 1.92 bits per heavy atom. The fourth-order valence-corrected chi connectivity index (χ4v) is 3.24. The number of nitrogens with one attached hydrogen (secondary N) is 1. The van der Waals surface area contributed by atoms with Gasteiger partial charge in [0.1, 0.15) is 18.2 Å². The summed E-state index contributed by atoms with van der Waals surface area (Å²) < 4.78 is 19.0. The second-order valence-electron chi connectivity index (χ2n) is 6.30. The van der Waals surface area contributed by atoms with Crippen molar-refractivity contribution in [3.05, 3.63) is 81.8 Å². The van der Waals surface area contributed by atoms with E-state index in [0.29, 0.717) is 23.1 Å². The fourth-order valence-electron chi connectivity index (χ4n) is 2.44. The zero-order chi connectivity index (χ0) is 18.5. The van der Waals surface area contributed by atoms with Crippen LogP contribution in [0.4, 0.5) is 10.1 Å². The first-order valence-corrected chi connectivity index (χ1v) is 9.26. The van der Waals surface area contributed by atoms with Crippen LogP contribution in [-0.4, -0.2) is 5.91 Å². The highest BCUT2D eigenvalue weighted by molar-refractivity contribution is 7.12. The molecule has 0 saturated heterocycles. The van der Waals surface area contributed by atoms with Crippen LogP contribution in [0.2, 0.25) is 0 Å². The van der Waals surface area contributed by atoms with Gasteiger partial charge in [-0.15, -0.1) is 11.3 Å². The van der Waals surface area contributed by atoms with Gasteiger partial charge < -0.3 is 10.1 Å². The highest BCUT2D eigenvalue weighted by atomic mass is 32.1. The smallest absolute Gasteiger partial charge is 0.265 e. The Morgan fingerprint density at radius 1 is 1.15 bits per heavy atom. The van der Waals surface area contributed by atoms with Crippen LogP contribution < -0.4 is 10.1 Å². The molecule has 0 spiro atoms. The number of anilines is 1. The number of carbonyl (C=O) groups is 1. The number of ether oxygens (including phenoxy) is 1. The van der Waals surface area contributed by atoms with E-state index in [1.165, 1.54) is 29.0 Å². The SMILES string of the molecule is CC(C)c1ccc(OCc2csc(C(=O)Nc3cccc(F)c3)c2)cc1. The van der Waals surface area contributed by atoms with Gasteiger partial charge in [0.25, 0.3) is 5.91 Å². The maximum atomic E-state index is 13.2. The van der Waals surface area contributed by atoms with E-state index >= 15 is 0 Å². The van der Waals surface area contributed by atoms with Crippen LogP contribution in [0.15, 0.2) is 60.0 Å². The van der Waals surface area contributed by atoms with Crippen molar-refractivity contribution in [3.63, 3.8) is 0 Å². The Labute approximate surface area is 156 Å². The molecule has 0 aliphatic heterocycles. The van der Waals surface area contributed by atoms with E-state index in [2.05, 4.69) is 31.3 Å². The Balaban J connectivity index is 1.58. The van der Waals surface area contributed by atoms with E-state index in [4.69, 9.17) is 4.74 Å². The molecule has 134 valence electrons. The molecule has 1 aromatic heterocycles. The molecule has 5 heteroatoms. The predicted octanol–water partition coefficient (Wildman–Crippen LogP) is 5.84. The van der Waals surface area contributed by atoms with Crippen molar-refractivity contribution in [1.29, 1.82) is 0 Å². The molecule has 3 rings (SSSR count). The third kappa shape index (κ3) is 4.70. The molecule has 26 heavy (non-hydrogen) atoms. The molecule has 0 unspecified atom stereocenters. The Morgan fingerprint density at radius 3 is 2.62 bits per heavy atom. The third-order valence-corrected chi connectivity index (χ3v) is 4.89. The standard InChI is InChI=1S/C21H20FNO2S/c1-14(2)16-6-8-19(9-7-16)25-12-15-10-20(26-13-15)21(24)23-18-5-3-4-17(22)11-18/h3-11,13-14H,12H2,1-2H3,(H,23,24). The molecule has 0 aliphatic carbocycles. The van der Waals surface area contributed by atoms with E-state index < -0.39 is 0 Å². The van der Waals surface area contributed by atoms with E-state index in [1.807, 2.05) is 17.5 Å². The van der Waals surface area contributed by atoms with Crippen molar-refractivity contribution in [3.8, 4) is 5.75 Å². The molecule has 1 heterocycles. The maximum absolute atomic E-state index is 13.2. The lowest BCUT2D eigenvalue weighted by Gasteiger charge is -2.08. The quantitative estimate of drug-likeness (QED) is 0.592. The van der Waals surface area contributed by atoms with Gasteiger partial charge in [0.2, 0.25) is 0 Å². The summed E-state index contributed by atoms with van der Waals surface area (Å²) in [7, 11) is 0. The topological polar surface area (TPSA) is 38.3 Å². The van der Waals surface area contributed by atoms with Gasteiger partial charge in [0.15, 0.2) is 0 Å². The van der Waals surface area contributed by atoms with Crippen LogP contribution in [0.1, 0.15) is 40.6 Å². The summed E-state index contributed by atoms with van der Waals surface area (Å²) in [5, 5.41) is 4.59. The van der Waals surface area contributed by atoms with Gasteiger partial charge in [-0.25, -0.2) is 4.39 Å². The van der Waals surface area contributed by atoms with Crippen molar-refractivity contribution < 1.29 is 13.9 Å². The van der Waals surface area contributed by atoms with Crippen molar-refractivity contribution in [2.45, 2.75) is 26.4 Å². The minimum Gasteiger partial charge on any atom is -0.489 e. The number of hydrogen-bond donors (Lipinski definition) is 1. The third-order valence-electron chi connectivity index (χ3n) is 3.91. The van der Waals surface area contributed by atoms with Gasteiger partial charge >= 0.3 is 0 Å². The Bertz CT molecular complexity index is 887. The number of rotatable bonds is 6. The van der Waals surface area contributed by atoms with E-state index in [-0.39, 0.29) is 11.7 Å². The highest BCUT2D eigenvalue weighted by Gasteiger charge is 2.10. The van der Waals surface area contributed by atoms with Crippen molar-refractivity contribution in [2.24, 2.45) is 0 Å². The van der Waals surface area contributed by atoms with Crippen LogP contribution in [-0.2, 0) is 6.61 Å².